The SMILES string of the molecule is [2H]C([2H])([2H])n1ncc(I)c1Cl. The lowest BCUT2D eigenvalue weighted by molar-refractivity contribution is 0.768. The van der Waals surface area contributed by atoms with Gasteiger partial charge in [-0.3, -0.25) is 4.68 Å². The summed E-state index contributed by atoms with van der Waals surface area (Å²) in [5.41, 5.74) is 0. The monoisotopic (exact) mass is 245 g/mol. The molecule has 0 fully saturated rings. The van der Waals surface area contributed by atoms with Crippen LogP contribution in [0.5, 0.6) is 0 Å². The van der Waals surface area contributed by atoms with E-state index >= 15 is 0 Å². The zero-order valence-corrected chi connectivity index (χ0v) is 6.64. The first-order valence-electron chi connectivity index (χ1n) is 3.32. The summed E-state index contributed by atoms with van der Waals surface area (Å²) in [6.07, 6.45) is 1.41. The highest BCUT2D eigenvalue weighted by molar-refractivity contribution is 14.1. The predicted octanol–water partition coefficient (Wildman–Crippen LogP) is 1.68. The molecule has 44 valence electrons. The average Bonchev–Trinajstić information content (AvgIpc) is 2.11. The number of nitrogens with zero attached hydrogens (tertiary/aromatic N) is 2. The van der Waals surface area contributed by atoms with Gasteiger partial charge in [0.1, 0.15) is 5.15 Å². The van der Waals surface area contributed by atoms with Gasteiger partial charge in [-0.2, -0.15) is 5.10 Å². The zero-order chi connectivity index (χ0) is 8.65. The molecule has 1 aromatic rings. The van der Waals surface area contributed by atoms with Crippen molar-refractivity contribution in [1.29, 1.82) is 0 Å². The van der Waals surface area contributed by atoms with Crippen molar-refractivity contribution in [3.63, 3.8) is 0 Å². The average molecular weight is 245 g/mol. The number of hydrogen-bond acceptors (Lipinski definition) is 1. The third-order valence-electron chi connectivity index (χ3n) is 0.670. The highest BCUT2D eigenvalue weighted by Gasteiger charge is 1.98. The van der Waals surface area contributed by atoms with Gasteiger partial charge in [-0.25, -0.2) is 0 Å². The van der Waals surface area contributed by atoms with Crippen LogP contribution in [0, 0.1) is 3.57 Å². The first kappa shape index (κ1) is 3.41. The molecule has 4 heteroatoms. The molecule has 0 atom stereocenters. The number of aryl methyl sites for hydroxylation is 1. The molecule has 0 aliphatic heterocycles. The van der Waals surface area contributed by atoms with Gasteiger partial charge in [0.15, 0.2) is 0 Å². The van der Waals surface area contributed by atoms with Crippen LogP contribution in [0.1, 0.15) is 4.11 Å². The zero-order valence-electron chi connectivity index (χ0n) is 6.73. The third kappa shape index (κ3) is 0.974. The van der Waals surface area contributed by atoms with E-state index in [1.165, 1.54) is 6.20 Å². The molecule has 0 amide bonds. The van der Waals surface area contributed by atoms with Gasteiger partial charge >= 0.3 is 0 Å². The fourth-order valence-corrected chi connectivity index (χ4v) is 0.759. The Labute approximate surface area is 70.2 Å². The van der Waals surface area contributed by atoms with Crippen LogP contribution in [-0.4, -0.2) is 9.78 Å². The van der Waals surface area contributed by atoms with Crippen LogP contribution in [0.3, 0.4) is 0 Å². The second kappa shape index (κ2) is 2.23. The number of halogens is 2. The molecule has 0 unspecified atom stereocenters. The maximum Gasteiger partial charge on any atom is 0.140 e. The molecule has 0 aliphatic rings. The van der Waals surface area contributed by atoms with Gasteiger partial charge in [0.05, 0.1) is 9.77 Å². The molecule has 0 radical (unpaired) electrons. The third-order valence-corrected chi connectivity index (χ3v) is 2.14. The lowest BCUT2D eigenvalue weighted by Crippen LogP contribution is -1.87. The smallest absolute Gasteiger partial charge is 0.140 e. The Bertz CT molecular complexity index is 269. The van der Waals surface area contributed by atoms with E-state index in [4.69, 9.17) is 15.7 Å². The summed E-state index contributed by atoms with van der Waals surface area (Å²) in [6, 6.07) is 0. The van der Waals surface area contributed by atoms with E-state index in [-0.39, 0.29) is 5.15 Å². The van der Waals surface area contributed by atoms with Crippen LogP contribution in [0.2, 0.25) is 5.15 Å². The lowest BCUT2D eigenvalue weighted by Gasteiger charge is -1.86. The quantitative estimate of drug-likeness (QED) is 0.636. The van der Waals surface area contributed by atoms with E-state index in [0.29, 0.717) is 3.57 Å². The second-order valence-corrected chi connectivity index (χ2v) is 2.72. The van der Waals surface area contributed by atoms with Crippen molar-refractivity contribution in [2.24, 2.45) is 6.98 Å². The minimum atomic E-state index is -2.28. The summed E-state index contributed by atoms with van der Waals surface area (Å²) >= 11 is 7.55. The van der Waals surface area contributed by atoms with E-state index in [9.17, 15) is 0 Å². The summed E-state index contributed by atoms with van der Waals surface area (Å²) in [7, 11) is 0. The van der Waals surface area contributed by atoms with Crippen molar-refractivity contribution >= 4 is 34.2 Å². The molecule has 8 heavy (non-hydrogen) atoms. The molecule has 0 saturated carbocycles. The van der Waals surface area contributed by atoms with Gasteiger partial charge in [-0.1, -0.05) is 11.6 Å². The number of hydrogen-bond donors (Lipinski definition) is 0. The van der Waals surface area contributed by atoms with Gasteiger partial charge in [0.25, 0.3) is 0 Å². The van der Waals surface area contributed by atoms with E-state index in [1.54, 1.807) is 0 Å². The highest BCUT2D eigenvalue weighted by Crippen LogP contribution is 2.14. The molecule has 0 spiro atoms. The maximum absolute atomic E-state index is 6.97. The van der Waals surface area contributed by atoms with Crippen molar-refractivity contribution in [3.05, 3.63) is 14.9 Å². The maximum atomic E-state index is 6.97. The van der Waals surface area contributed by atoms with Gasteiger partial charge in [0.2, 0.25) is 0 Å². The van der Waals surface area contributed by atoms with Crippen molar-refractivity contribution < 1.29 is 4.11 Å². The standard InChI is InChI=1S/C4H4ClIN2/c1-8-4(5)3(6)2-7-8/h2H,1H3/i1D3. The Morgan fingerprint density at radius 2 is 2.88 bits per heavy atom. The van der Waals surface area contributed by atoms with E-state index in [1.807, 2.05) is 22.6 Å². The summed E-state index contributed by atoms with van der Waals surface area (Å²) in [6.45, 7) is -2.28. The van der Waals surface area contributed by atoms with Gasteiger partial charge in [0, 0.05) is 11.1 Å². The minimum absolute atomic E-state index is 0.158. The summed E-state index contributed by atoms with van der Waals surface area (Å²) < 4.78 is 22.4. The van der Waals surface area contributed by atoms with Gasteiger partial charge in [-0.15, -0.1) is 0 Å². The van der Waals surface area contributed by atoms with Crippen LogP contribution in [0.4, 0.5) is 0 Å². The molecule has 1 aromatic heterocycles. The minimum Gasteiger partial charge on any atom is -0.256 e. The highest BCUT2D eigenvalue weighted by atomic mass is 127. The number of rotatable bonds is 0. The van der Waals surface area contributed by atoms with Crippen molar-refractivity contribution in [3.8, 4) is 0 Å². The fourth-order valence-electron chi connectivity index (χ4n) is 0.314. The molecule has 0 saturated heterocycles. The number of aromatic nitrogens is 2. The van der Waals surface area contributed by atoms with Crippen LogP contribution >= 0.6 is 34.2 Å². The largest absolute Gasteiger partial charge is 0.256 e. The van der Waals surface area contributed by atoms with E-state index < -0.39 is 6.98 Å². The molecule has 1 heterocycles. The van der Waals surface area contributed by atoms with Crippen LogP contribution < -0.4 is 0 Å². The normalized spacial score (nSPS) is 17.0. The second-order valence-electron chi connectivity index (χ2n) is 1.20. The fraction of sp³-hybridized carbons (Fsp3) is 0.250. The Morgan fingerprint density at radius 1 is 2.12 bits per heavy atom. The van der Waals surface area contributed by atoms with Crippen molar-refractivity contribution in [1.82, 2.24) is 9.78 Å². The molecule has 1 rings (SSSR count). The Balaban J connectivity index is 3.15. The van der Waals surface area contributed by atoms with Gasteiger partial charge in [-0.05, 0) is 22.6 Å². The van der Waals surface area contributed by atoms with Crippen molar-refractivity contribution in [2.45, 2.75) is 0 Å². The molecule has 0 N–H and O–H groups in total. The first-order valence-corrected chi connectivity index (χ1v) is 3.28. The predicted molar refractivity (Wildman–Crippen MR) is 40.9 cm³/mol. The lowest BCUT2D eigenvalue weighted by atomic mass is 10.7. The topological polar surface area (TPSA) is 17.8 Å². The summed E-state index contributed by atoms with van der Waals surface area (Å²) in [5, 5.41) is 3.76. The molecular formula is C4H4ClIN2. The Morgan fingerprint density at radius 3 is 3.12 bits per heavy atom. The Hall–Kier alpha value is 0.230. The van der Waals surface area contributed by atoms with Crippen LogP contribution in [0.15, 0.2) is 6.20 Å². The molecular weight excluding hydrogens is 238 g/mol. The van der Waals surface area contributed by atoms with Crippen LogP contribution in [-0.2, 0) is 6.98 Å². The van der Waals surface area contributed by atoms with Gasteiger partial charge < -0.3 is 0 Å². The molecule has 0 bridgehead atoms. The van der Waals surface area contributed by atoms with Crippen molar-refractivity contribution in [2.75, 3.05) is 0 Å². The van der Waals surface area contributed by atoms with Crippen LogP contribution in [0.25, 0.3) is 0 Å². The molecule has 2 nitrogen and oxygen atoms in total. The Kier molecular flexibility index (Phi) is 0.949. The summed E-state index contributed by atoms with van der Waals surface area (Å²) in [4.78, 5) is 0. The molecule has 0 aromatic carbocycles. The first-order chi connectivity index (χ1) is 4.93. The molecule has 0 aliphatic carbocycles. The van der Waals surface area contributed by atoms with E-state index in [2.05, 4.69) is 5.10 Å². The summed E-state index contributed by atoms with van der Waals surface area (Å²) in [5.74, 6) is 0. The van der Waals surface area contributed by atoms with E-state index in [0.717, 1.165) is 4.68 Å².